The lowest BCUT2D eigenvalue weighted by Gasteiger charge is -2.36. The fourth-order valence-electron chi connectivity index (χ4n) is 3.82. The zero-order chi connectivity index (χ0) is 21.5. The number of carbonyl (C=O) groups is 2. The molecule has 6 nitrogen and oxygen atoms in total. The predicted molar refractivity (Wildman–Crippen MR) is 120 cm³/mol. The van der Waals surface area contributed by atoms with Crippen LogP contribution >= 0.6 is 0 Å². The molecule has 2 amide bonds. The first-order chi connectivity index (χ1) is 14.5. The second kappa shape index (κ2) is 10.3. The Morgan fingerprint density at radius 1 is 1.00 bits per heavy atom. The lowest BCUT2D eigenvalue weighted by Crippen LogP contribution is -2.45. The van der Waals surface area contributed by atoms with Crippen molar-refractivity contribution in [2.75, 3.05) is 38.6 Å². The summed E-state index contributed by atoms with van der Waals surface area (Å²) < 4.78 is 0. The van der Waals surface area contributed by atoms with Crippen LogP contribution in [0.25, 0.3) is 0 Å². The number of carbonyl (C=O) groups excluding carboxylic acids is 2. The zero-order valence-corrected chi connectivity index (χ0v) is 18.1. The number of anilines is 1. The highest BCUT2D eigenvalue weighted by atomic mass is 16.2. The fraction of sp³-hybridized carbons (Fsp3) is 0.417. The zero-order valence-electron chi connectivity index (χ0n) is 18.1. The Morgan fingerprint density at radius 3 is 2.33 bits per heavy atom. The summed E-state index contributed by atoms with van der Waals surface area (Å²) in [5.74, 6) is -1.14. The number of nitrogens with one attached hydrogen (secondary N) is 2. The van der Waals surface area contributed by atoms with E-state index < -0.39 is 11.8 Å². The standard InChI is InChI=1S/C24H32N4O2/c1-4-14-25-23(29)24(30)26-16-22(19-9-11-21(12-10-19)27(2)3)28-15-13-18-7-5-6-8-20(18)17-28/h5-12,22H,4,13-17H2,1-3H3,(H,25,29)(H,26,30). The van der Waals surface area contributed by atoms with Crippen LogP contribution in [0.15, 0.2) is 48.5 Å². The SMILES string of the molecule is CCCNC(=O)C(=O)NCC(c1ccc(N(C)C)cc1)N1CCc2ccccc2C1. The van der Waals surface area contributed by atoms with Crippen LogP contribution in [-0.4, -0.2) is 50.4 Å². The van der Waals surface area contributed by atoms with Crippen molar-refractivity contribution >= 4 is 17.5 Å². The minimum atomic E-state index is -0.573. The molecule has 0 aromatic heterocycles. The minimum Gasteiger partial charge on any atom is -0.378 e. The van der Waals surface area contributed by atoms with Gasteiger partial charge in [0.2, 0.25) is 0 Å². The summed E-state index contributed by atoms with van der Waals surface area (Å²) in [6.07, 6.45) is 1.78. The van der Waals surface area contributed by atoms with Crippen LogP contribution in [0, 0.1) is 0 Å². The minimum absolute atomic E-state index is 0.00232. The van der Waals surface area contributed by atoms with Gasteiger partial charge in [-0.25, -0.2) is 0 Å². The van der Waals surface area contributed by atoms with Gasteiger partial charge in [0, 0.05) is 46.0 Å². The molecule has 0 radical (unpaired) electrons. The van der Waals surface area contributed by atoms with Crippen LogP contribution in [-0.2, 0) is 22.6 Å². The van der Waals surface area contributed by atoms with Gasteiger partial charge >= 0.3 is 11.8 Å². The molecular formula is C24H32N4O2. The molecule has 2 N–H and O–H groups in total. The largest absolute Gasteiger partial charge is 0.378 e. The summed E-state index contributed by atoms with van der Waals surface area (Å²) in [5.41, 5.74) is 4.97. The van der Waals surface area contributed by atoms with E-state index in [1.807, 2.05) is 21.0 Å². The Kier molecular flexibility index (Phi) is 7.46. The monoisotopic (exact) mass is 408 g/mol. The van der Waals surface area contributed by atoms with E-state index in [1.165, 1.54) is 11.1 Å². The molecule has 2 aromatic carbocycles. The van der Waals surface area contributed by atoms with Gasteiger partial charge in [-0.2, -0.15) is 0 Å². The van der Waals surface area contributed by atoms with Crippen LogP contribution in [0.5, 0.6) is 0 Å². The van der Waals surface area contributed by atoms with Crippen LogP contribution < -0.4 is 15.5 Å². The average Bonchev–Trinajstić information content (AvgIpc) is 2.77. The van der Waals surface area contributed by atoms with Crippen LogP contribution in [0.1, 0.15) is 36.1 Å². The summed E-state index contributed by atoms with van der Waals surface area (Å²) in [7, 11) is 4.03. The van der Waals surface area contributed by atoms with E-state index in [2.05, 4.69) is 69.0 Å². The van der Waals surface area contributed by atoms with Crippen molar-refractivity contribution < 1.29 is 9.59 Å². The summed E-state index contributed by atoms with van der Waals surface area (Å²) in [6.45, 7) is 4.59. The number of rotatable bonds is 7. The Balaban J connectivity index is 1.77. The van der Waals surface area contributed by atoms with Crippen LogP contribution in [0.4, 0.5) is 5.69 Å². The van der Waals surface area contributed by atoms with E-state index in [0.29, 0.717) is 13.1 Å². The van der Waals surface area contributed by atoms with Crippen molar-refractivity contribution in [3.05, 3.63) is 65.2 Å². The molecule has 1 aliphatic heterocycles. The third kappa shape index (κ3) is 5.39. The van der Waals surface area contributed by atoms with E-state index in [4.69, 9.17) is 0 Å². The van der Waals surface area contributed by atoms with Crippen LogP contribution in [0.3, 0.4) is 0 Å². The van der Waals surface area contributed by atoms with E-state index in [1.54, 1.807) is 0 Å². The summed E-state index contributed by atoms with van der Waals surface area (Å²) in [5, 5.41) is 5.48. The first kappa shape index (κ1) is 21.8. The van der Waals surface area contributed by atoms with Gasteiger partial charge in [0.25, 0.3) is 0 Å². The third-order valence-electron chi connectivity index (χ3n) is 5.59. The number of fused-ring (bicyclic) bond motifs is 1. The van der Waals surface area contributed by atoms with Gasteiger partial charge in [0.1, 0.15) is 0 Å². The second-order valence-corrected chi connectivity index (χ2v) is 7.96. The van der Waals surface area contributed by atoms with Gasteiger partial charge in [-0.1, -0.05) is 43.3 Å². The van der Waals surface area contributed by atoms with Gasteiger partial charge in [-0.05, 0) is 41.7 Å². The molecule has 0 spiro atoms. The second-order valence-electron chi connectivity index (χ2n) is 7.96. The lowest BCUT2D eigenvalue weighted by atomic mass is 9.96. The molecule has 0 fully saturated rings. The maximum atomic E-state index is 12.3. The molecule has 0 aliphatic carbocycles. The summed E-state index contributed by atoms with van der Waals surface area (Å²) in [4.78, 5) is 28.7. The van der Waals surface area contributed by atoms with Gasteiger partial charge in [-0.3, -0.25) is 14.5 Å². The van der Waals surface area contributed by atoms with E-state index in [-0.39, 0.29) is 6.04 Å². The van der Waals surface area contributed by atoms with Crippen molar-refractivity contribution in [3.63, 3.8) is 0 Å². The predicted octanol–water partition coefficient (Wildman–Crippen LogP) is 2.49. The molecule has 0 bridgehead atoms. The molecule has 1 unspecified atom stereocenters. The van der Waals surface area contributed by atoms with Crippen LogP contribution in [0.2, 0.25) is 0 Å². The molecule has 1 heterocycles. The van der Waals surface area contributed by atoms with Gasteiger partial charge in [-0.15, -0.1) is 0 Å². The Bertz CT molecular complexity index is 864. The average molecular weight is 409 g/mol. The van der Waals surface area contributed by atoms with E-state index in [0.717, 1.165) is 37.2 Å². The number of hydrogen-bond acceptors (Lipinski definition) is 4. The number of hydrogen-bond donors (Lipinski definition) is 2. The smallest absolute Gasteiger partial charge is 0.309 e. The molecule has 1 aliphatic rings. The Labute approximate surface area is 179 Å². The molecule has 0 saturated heterocycles. The maximum Gasteiger partial charge on any atom is 0.309 e. The summed E-state index contributed by atoms with van der Waals surface area (Å²) in [6, 6.07) is 16.9. The first-order valence-electron chi connectivity index (χ1n) is 10.6. The Hall–Kier alpha value is -2.86. The van der Waals surface area contributed by atoms with E-state index >= 15 is 0 Å². The van der Waals surface area contributed by atoms with Crippen molar-refractivity contribution in [2.24, 2.45) is 0 Å². The van der Waals surface area contributed by atoms with Crippen molar-refractivity contribution in [3.8, 4) is 0 Å². The molecule has 30 heavy (non-hydrogen) atoms. The van der Waals surface area contributed by atoms with Crippen molar-refractivity contribution in [2.45, 2.75) is 32.4 Å². The van der Waals surface area contributed by atoms with Gasteiger partial charge in [0.05, 0.1) is 6.04 Å². The maximum absolute atomic E-state index is 12.3. The molecular weight excluding hydrogens is 376 g/mol. The van der Waals surface area contributed by atoms with E-state index in [9.17, 15) is 9.59 Å². The lowest BCUT2D eigenvalue weighted by molar-refractivity contribution is -0.139. The molecule has 160 valence electrons. The highest BCUT2D eigenvalue weighted by Gasteiger charge is 2.26. The quantitative estimate of drug-likeness (QED) is 0.691. The molecule has 2 aromatic rings. The highest BCUT2D eigenvalue weighted by Crippen LogP contribution is 2.28. The molecule has 6 heteroatoms. The summed E-state index contributed by atoms with van der Waals surface area (Å²) >= 11 is 0. The number of amides is 2. The topological polar surface area (TPSA) is 64.7 Å². The molecule has 0 saturated carbocycles. The fourth-order valence-corrected chi connectivity index (χ4v) is 3.82. The molecule has 1 atom stereocenters. The van der Waals surface area contributed by atoms with Crippen molar-refractivity contribution in [1.29, 1.82) is 0 Å². The van der Waals surface area contributed by atoms with Gasteiger partial charge in [0.15, 0.2) is 0 Å². The van der Waals surface area contributed by atoms with Gasteiger partial charge < -0.3 is 15.5 Å². The number of nitrogens with zero attached hydrogens (tertiary/aromatic N) is 2. The normalized spacial score (nSPS) is 14.5. The third-order valence-corrected chi connectivity index (χ3v) is 5.59. The number of benzene rings is 2. The van der Waals surface area contributed by atoms with Crippen molar-refractivity contribution in [1.82, 2.24) is 15.5 Å². The highest BCUT2D eigenvalue weighted by molar-refractivity contribution is 6.35. The first-order valence-corrected chi connectivity index (χ1v) is 10.6. The molecule has 3 rings (SSSR count). The Morgan fingerprint density at radius 2 is 1.67 bits per heavy atom.